The summed E-state index contributed by atoms with van der Waals surface area (Å²) in [5, 5.41) is 5.16. The highest BCUT2D eigenvalue weighted by molar-refractivity contribution is 7.91. The normalized spacial score (nSPS) is 11.2. The lowest BCUT2D eigenvalue weighted by molar-refractivity contribution is -0.120. The zero-order valence-corrected chi connectivity index (χ0v) is 8.78. The smallest absolute Gasteiger partial charge is 0.233 e. The van der Waals surface area contributed by atoms with Crippen molar-refractivity contribution in [2.24, 2.45) is 0 Å². The lowest BCUT2D eigenvalue weighted by Crippen LogP contribution is -2.35. The number of carbonyl (C=O) groups is 1. The molecule has 0 bridgehead atoms. The minimum Gasteiger partial charge on any atom is -0.354 e. The Morgan fingerprint density at radius 2 is 2.00 bits per heavy atom. The topological polar surface area (TPSA) is 75.3 Å². The van der Waals surface area contributed by atoms with Gasteiger partial charge in [0.25, 0.3) is 0 Å². The van der Waals surface area contributed by atoms with Gasteiger partial charge >= 0.3 is 0 Å². The van der Waals surface area contributed by atoms with Crippen molar-refractivity contribution >= 4 is 15.7 Å². The second-order valence-corrected chi connectivity index (χ2v) is 5.09. The van der Waals surface area contributed by atoms with Gasteiger partial charge < -0.3 is 10.6 Å². The Morgan fingerprint density at radius 3 is 2.46 bits per heavy atom. The Kier molecular flexibility index (Phi) is 5.65. The van der Waals surface area contributed by atoms with Crippen molar-refractivity contribution in [3.05, 3.63) is 0 Å². The van der Waals surface area contributed by atoms with E-state index in [0.29, 0.717) is 0 Å². The lowest BCUT2D eigenvalue weighted by atomic mass is 10.5. The molecule has 2 N–H and O–H groups in total. The van der Waals surface area contributed by atoms with E-state index in [-0.39, 0.29) is 30.5 Å². The quantitative estimate of drug-likeness (QED) is 0.572. The van der Waals surface area contributed by atoms with Gasteiger partial charge in [-0.15, -0.1) is 0 Å². The van der Waals surface area contributed by atoms with E-state index in [1.807, 2.05) is 0 Å². The molecule has 0 spiro atoms. The fraction of sp³-hybridized carbons (Fsp3) is 0.857. The van der Waals surface area contributed by atoms with Crippen LogP contribution in [0.3, 0.4) is 0 Å². The van der Waals surface area contributed by atoms with Crippen molar-refractivity contribution in [2.45, 2.75) is 6.92 Å². The predicted octanol–water partition coefficient (Wildman–Crippen LogP) is -1.24. The third-order valence-electron chi connectivity index (χ3n) is 1.51. The first-order valence-corrected chi connectivity index (χ1v) is 5.95. The van der Waals surface area contributed by atoms with Crippen LogP contribution in [-0.2, 0) is 14.6 Å². The molecular weight excluding hydrogens is 192 g/mol. The molecule has 0 heterocycles. The molecule has 0 atom stereocenters. The Balaban J connectivity index is 3.62. The van der Waals surface area contributed by atoms with Crippen LogP contribution in [0.15, 0.2) is 0 Å². The van der Waals surface area contributed by atoms with E-state index < -0.39 is 9.84 Å². The first kappa shape index (κ1) is 12.4. The minimum atomic E-state index is -2.97. The second-order valence-electron chi connectivity index (χ2n) is 2.62. The molecule has 0 saturated carbocycles. The van der Waals surface area contributed by atoms with E-state index in [1.54, 1.807) is 14.0 Å². The molecule has 6 heteroatoms. The summed E-state index contributed by atoms with van der Waals surface area (Å²) in [5.74, 6) is -0.0535. The maximum atomic E-state index is 11.0. The summed E-state index contributed by atoms with van der Waals surface area (Å²) in [6, 6.07) is 0. The van der Waals surface area contributed by atoms with E-state index in [4.69, 9.17) is 0 Å². The number of likely N-dealkylation sites (N-methyl/N-ethyl adjacent to an activating group) is 1. The van der Waals surface area contributed by atoms with Crippen molar-refractivity contribution in [1.29, 1.82) is 0 Å². The summed E-state index contributed by atoms with van der Waals surface area (Å²) in [5.41, 5.74) is 0. The Hall–Kier alpha value is -0.620. The van der Waals surface area contributed by atoms with Gasteiger partial charge in [0.15, 0.2) is 9.84 Å². The fourth-order valence-corrected chi connectivity index (χ4v) is 1.42. The SMILES string of the molecule is CCS(=O)(=O)CCNC(=O)CNC. The molecule has 0 radical (unpaired) electrons. The van der Waals surface area contributed by atoms with Gasteiger partial charge in [-0.2, -0.15) is 0 Å². The van der Waals surface area contributed by atoms with Gasteiger partial charge in [0.05, 0.1) is 12.3 Å². The Labute approximate surface area is 78.8 Å². The fourth-order valence-electron chi connectivity index (χ4n) is 0.713. The Morgan fingerprint density at radius 1 is 1.38 bits per heavy atom. The standard InChI is InChI=1S/C7H16N2O3S/c1-3-13(11,12)5-4-9-7(10)6-8-2/h8H,3-6H2,1-2H3,(H,9,10). The number of hydrogen-bond donors (Lipinski definition) is 2. The maximum Gasteiger partial charge on any atom is 0.233 e. The van der Waals surface area contributed by atoms with Gasteiger partial charge in [0.1, 0.15) is 0 Å². The molecule has 5 nitrogen and oxygen atoms in total. The van der Waals surface area contributed by atoms with E-state index >= 15 is 0 Å². The summed E-state index contributed by atoms with van der Waals surface area (Å²) in [6.07, 6.45) is 0. The number of sulfone groups is 1. The molecule has 78 valence electrons. The molecule has 0 aromatic carbocycles. The highest BCUT2D eigenvalue weighted by atomic mass is 32.2. The van der Waals surface area contributed by atoms with E-state index in [9.17, 15) is 13.2 Å². The van der Waals surface area contributed by atoms with Crippen LogP contribution in [0.4, 0.5) is 0 Å². The molecule has 0 aliphatic rings. The minimum absolute atomic E-state index is 0.0129. The summed E-state index contributed by atoms with van der Waals surface area (Å²) in [6.45, 7) is 1.99. The first-order valence-electron chi connectivity index (χ1n) is 4.13. The van der Waals surface area contributed by atoms with Crippen LogP contribution in [0.25, 0.3) is 0 Å². The van der Waals surface area contributed by atoms with Gasteiger partial charge in [-0.05, 0) is 7.05 Å². The van der Waals surface area contributed by atoms with Gasteiger partial charge in [-0.25, -0.2) is 8.42 Å². The highest BCUT2D eigenvalue weighted by Gasteiger charge is 2.07. The second kappa shape index (κ2) is 5.93. The molecule has 13 heavy (non-hydrogen) atoms. The van der Waals surface area contributed by atoms with Crippen molar-refractivity contribution in [2.75, 3.05) is 31.6 Å². The zero-order chi connectivity index (χ0) is 10.3. The predicted molar refractivity (Wildman–Crippen MR) is 51.3 cm³/mol. The number of amides is 1. The summed E-state index contributed by atoms with van der Waals surface area (Å²) in [7, 11) is -1.31. The molecule has 0 aromatic rings. The zero-order valence-electron chi connectivity index (χ0n) is 7.96. The molecule has 0 unspecified atom stereocenters. The highest BCUT2D eigenvalue weighted by Crippen LogP contribution is 1.86. The molecular formula is C7H16N2O3S. The average molecular weight is 208 g/mol. The average Bonchev–Trinajstić information content (AvgIpc) is 2.05. The monoisotopic (exact) mass is 208 g/mol. The van der Waals surface area contributed by atoms with Gasteiger partial charge in [0, 0.05) is 12.3 Å². The molecule has 1 amide bonds. The van der Waals surface area contributed by atoms with Crippen LogP contribution in [0.5, 0.6) is 0 Å². The summed E-state index contributed by atoms with van der Waals surface area (Å²) >= 11 is 0. The van der Waals surface area contributed by atoms with Crippen LogP contribution in [0.2, 0.25) is 0 Å². The van der Waals surface area contributed by atoms with Crippen LogP contribution in [0.1, 0.15) is 6.92 Å². The molecule has 0 aliphatic carbocycles. The van der Waals surface area contributed by atoms with Crippen molar-refractivity contribution < 1.29 is 13.2 Å². The summed E-state index contributed by atoms with van der Waals surface area (Å²) < 4.78 is 21.9. The number of hydrogen-bond acceptors (Lipinski definition) is 4. The lowest BCUT2D eigenvalue weighted by Gasteiger charge is -2.04. The number of rotatable bonds is 6. The van der Waals surface area contributed by atoms with E-state index in [1.165, 1.54) is 0 Å². The number of nitrogens with one attached hydrogen (secondary N) is 2. The van der Waals surface area contributed by atoms with Gasteiger partial charge in [-0.1, -0.05) is 6.92 Å². The van der Waals surface area contributed by atoms with Crippen LogP contribution >= 0.6 is 0 Å². The maximum absolute atomic E-state index is 11.0. The molecule has 0 rings (SSSR count). The van der Waals surface area contributed by atoms with Crippen molar-refractivity contribution in [1.82, 2.24) is 10.6 Å². The first-order chi connectivity index (χ1) is 6.02. The van der Waals surface area contributed by atoms with Crippen LogP contribution in [0, 0.1) is 0 Å². The third kappa shape index (κ3) is 6.53. The molecule has 0 aromatic heterocycles. The molecule has 0 fully saturated rings. The molecule has 0 saturated heterocycles. The largest absolute Gasteiger partial charge is 0.354 e. The van der Waals surface area contributed by atoms with Crippen molar-refractivity contribution in [3.8, 4) is 0 Å². The Bertz CT molecular complexity index is 248. The van der Waals surface area contributed by atoms with Gasteiger partial charge in [0.2, 0.25) is 5.91 Å². The van der Waals surface area contributed by atoms with Gasteiger partial charge in [-0.3, -0.25) is 4.79 Å². The summed E-state index contributed by atoms with van der Waals surface area (Å²) in [4.78, 5) is 10.8. The molecule has 0 aliphatic heterocycles. The van der Waals surface area contributed by atoms with Crippen LogP contribution in [-0.4, -0.2) is 46.0 Å². The van der Waals surface area contributed by atoms with E-state index in [0.717, 1.165) is 0 Å². The van der Waals surface area contributed by atoms with Crippen LogP contribution < -0.4 is 10.6 Å². The van der Waals surface area contributed by atoms with E-state index in [2.05, 4.69) is 10.6 Å². The number of carbonyl (C=O) groups excluding carboxylic acids is 1. The van der Waals surface area contributed by atoms with Crippen molar-refractivity contribution in [3.63, 3.8) is 0 Å². The third-order valence-corrected chi connectivity index (χ3v) is 3.22.